The molecule has 3 aromatic rings. The lowest BCUT2D eigenvalue weighted by molar-refractivity contribution is -0.385. The number of nitrogens with zero attached hydrogens (tertiary/aromatic N) is 3. The maximum absolute atomic E-state index is 13.8. The van der Waals surface area contributed by atoms with Crippen LogP contribution in [0.2, 0.25) is 0 Å². The molecule has 0 aliphatic carbocycles. The largest absolute Gasteiger partial charge is 0.494 e. The lowest BCUT2D eigenvalue weighted by Gasteiger charge is -2.24. The number of halogens is 1. The van der Waals surface area contributed by atoms with Crippen LogP contribution in [0.3, 0.4) is 0 Å². The standard InChI is InChI=1S/C28H24BrN3O7S/c1-5-12-39-25-20(29)13-17(14-21(25)32(35)36)15-22-26(33)31-24(18-8-10-19(11-9-18)37-6-2)23(27(34)38-7-3)16(4)30-28(31)40-22/h1,8-11,13-15,24H,6-7,12H2,2-4H3/b22-15-/t24-/m0/s1. The topological polar surface area (TPSA) is 122 Å². The van der Waals surface area contributed by atoms with Crippen LogP contribution in [-0.4, -0.2) is 35.3 Å². The van der Waals surface area contributed by atoms with Gasteiger partial charge in [-0.3, -0.25) is 19.5 Å². The predicted octanol–water partition coefficient (Wildman–Crippen LogP) is 3.88. The molecule has 10 nitrogen and oxygen atoms in total. The van der Waals surface area contributed by atoms with Gasteiger partial charge in [0.1, 0.15) is 12.4 Å². The van der Waals surface area contributed by atoms with Crippen LogP contribution >= 0.6 is 27.3 Å². The number of terminal acetylenes is 1. The first-order valence-electron chi connectivity index (χ1n) is 12.2. The molecule has 0 saturated carbocycles. The van der Waals surface area contributed by atoms with Crippen molar-refractivity contribution in [1.82, 2.24) is 4.57 Å². The van der Waals surface area contributed by atoms with Crippen LogP contribution in [0.15, 0.2) is 61.9 Å². The highest BCUT2D eigenvalue weighted by Gasteiger charge is 2.33. The highest BCUT2D eigenvalue weighted by atomic mass is 79.9. The van der Waals surface area contributed by atoms with Crippen LogP contribution in [-0.2, 0) is 9.53 Å². The number of esters is 1. The van der Waals surface area contributed by atoms with E-state index in [0.717, 1.165) is 11.3 Å². The Balaban J connectivity index is 1.90. The van der Waals surface area contributed by atoms with Gasteiger partial charge in [-0.1, -0.05) is 29.4 Å². The zero-order valence-electron chi connectivity index (χ0n) is 21.8. The number of fused-ring (bicyclic) bond motifs is 1. The first-order chi connectivity index (χ1) is 19.2. The number of thiazole rings is 1. The van der Waals surface area contributed by atoms with Gasteiger partial charge >= 0.3 is 11.7 Å². The molecule has 2 aromatic carbocycles. The van der Waals surface area contributed by atoms with E-state index < -0.39 is 22.5 Å². The average Bonchev–Trinajstić information content (AvgIpc) is 3.21. The first-order valence-corrected chi connectivity index (χ1v) is 13.8. The fraction of sp³-hybridized carbons (Fsp3) is 0.250. The summed E-state index contributed by atoms with van der Waals surface area (Å²) in [6.07, 6.45) is 6.76. The Morgan fingerprint density at radius 3 is 2.60 bits per heavy atom. The van der Waals surface area contributed by atoms with E-state index in [1.165, 1.54) is 16.7 Å². The summed E-state index contributed by atoms with van der Waals surface area (Å²) >= 11 is 4.41. The number of carbonyl (C=O) groups is 1. The molecule has 1 atom stereocenters. The Hall–Kier alpha value is -4.21. The molecule has 1 aromatic heterocycles. The third kappa shape index (κ3) is 5.71. The lowest BCUT2D eigenvalue weighted by atomic mass is 9.96. The van der Waals surface area contributed by atoms with Gasteiger partial charge in [-0.25, -0.2) is 9.79 Å². The van der Waals surface area contributed by atoms with Gasteiger partial charge in [-0.15, -0.1) is 6.42 Å². The fourth-order valence-corrected chi connectivity index (χ4v) is 5.87. The Morgan fingerprint density at radius 2 is 1.98 bits per heavy atom. The summed E-state index contributed by atoms with van der Waals surface area (Å²) in [7, 11) is 0. The molecule has 0 N–H and O–H groups in total. The van der Waals surface area contributed by atoms with E-state index in [2.05, 4.69) is 26.8 Å². The van der Waals surface area contributed by atoms with Crippen LogP contribution in [0.5, 0.6) is 11.5 Å². The molecule has 12 heteroatoms. The molecule has 0 spiro atoms. The van der Waals surface area contributed by atoms with Crippen molar-refractivity contribution in [2.24, 2.45) is 4.99 Å². The summed E-state index contributed by atoms with van der Waals surface area (Å²) in [4.78, 5) is 42.9. The van der Waals surface area contributed by atoms with Crippen LogP contribution in [0.25, 0.3) is 6.08 Å². The minimum Gasteiger partial charge on any atom is -0.494 e. The Labute approximate surface area is 241 Å². The number of rotatable bonds is 9. The van der Waals surface area contributed by atoms with Crippen LogP contribution in [0.1, 0.15) is 37.9 Å². The molecule has 1 aliphatic heterocycles. The fourth-order valence-electron chi connectivity index (χ4n) is 4.25. The number of nitro groups is 1. The van der Waals surface area contributed by atoms with Crippen molar-refractivity contribution in [3.8, 4) is 23.8 Å². The Kier molecular flexibility index (Phi) is 8.86. The summed E-state index contributed by atoms with van der Waals surface area (Å²) in [5.41, 5.74) is 1.01. The smallest absolute Gasteiger partial charge is 0.338 e. The third-order valence-electron chi connectivity index (χ3n) is 5.86. The molecule has 40 heavy (non-hydrogen) atoms. The molecule has 0 unspecified atom stereocenters. The summed E-state index contributed by atoms with van der Waals surface area (Å²) < 4.78 is 18.2. The molecule has 2 heterocycles. The lowest BCUT2D eigenvalue weighted by Crippen LogP contribution is -2.39. The van der Waals surface area contributed by atoms with Gasteiger partial charge in [-0.2, -0.15) is 0 Å². The number of nitro benzene ring substituents is 1. The molecule has 0 saturated heterocycles. The average molecular weight is 626 g/mol. The molecule has 0 bridgehead atoms. The zero-order chi connectivity index (χ0) is 29.0. The quantitative estimate of drug-likeness (QED) is 0.153. The number of benzene rings is 2. The van der Waals surface area contributed by atoms with Crippen molar-refractivity contribution in [3.63, 3.8) is 0 Å². The summed E-state index contributed by atoms with van der Waals surface area (Å²) in [6, 6.07) is 9.22. The molecule has 4 rings (SSSR count). The van der Waals surface area contributed by atoms with Crippen molar-refractivity contribution in [2.75, 3.05) is 19.8 Å². The second kappa shape index (κ2) is 12.3. The Bertz CT molecular complexity index is 1730. The summed E-state index contributed by atoms with van der Waals surface area (Å²) in [5, 5.41) is 11.7. The van der Waals surface area contributed by atoms with Gasteiger partial charge in [0.2, 0.25) is 5.75 Å². The highest BCUT2D eigenvalue weighted by Crippen LogP contribution is 2.37. The monoisotopic (exact) mass is 625 g/mol. The van der Waals surface area contributed by atoms with Crippen molar-refractivity contribution in [3.05, 3.63) is 93.1 Å². The molecular weight excluding hydrogens is 602 g/mol. The Morgan fingerprint density at radius 1 is 1.25 bits per heavy atom. The van der Waals surface area contributed by atoms with Crippen molar-refractivity contribution in [2.45, 2.75) is 26.8 Å². The third-order valence-corrected chi connectivity index (χ3v) is 7.44. The van der Waals surface area contributed by atoms with E-state index in [9.17, 15) is 19.7 Å². The minimum absolute atomic E-state index is 0.00763. The van der Waals surface area contributed by atoms with Gasteiger partial charge in [0.05, 0.1) is 44.5 Å². The van der Waals surface area contributed by atoms with Gasteiger partial charge in [0, 0.05) is 6.07 Å². The normalized spacial score (nSPS) is 14.7. The van der Waals surface area contributed by atoms with Gasteiger partial charge in [0.25, 0.3) is 5.56 Å². The second-order valence-corrected chi connectivity index (χ2v) is 10.3. The maximum atomic E-state index is 13.8. The van der Waals surface area contributed by atoms with Crippen molar-refractivity contribution >= 4 is 45.0 Å². The molecule has 0 amide bonds. The minimum atomic E-state index is -0.797. The first kappa shape index (κ1) is 28.8. The van der Waals surface area contributed by atoms with Crippen LogP contribution in [0.4, 0.5) is 5.69 Å². The van der Waals surface area contributed by atoms with E-state index in [1.807, 2.05) is 6.92 Å². The number of aromatic nitrogens is 1. The second-order valence-electron chi connectivity index (χ2n) is 8.41. The molecule has 1 aliphatic rings. The number of carbonyl (C=O) groups excluding carboxylic acids is 1. The van der Waals surface area contributed by atoms with Crippen LogP contribution < -0.4 is 24.4 Å². The van der Waals surface area contributed by atoms with Crippen molar-refractivity contribution < 1.29 is 23.9 Å². The van der Waals surface area contributed by atoms with E-state index in [0.29, 0.717) is 38.5 Å². The molecular formula is C28H24BrN3O7S. The van der Waals surface area contributed by atoms with E-state index >= 15 is 0 Å². The van der Waals surface area contributed by atoms with Crippen molar-refractivity contribution in [1.29, 1.82) is 0 Å². The number of allylic oxidation sites excluding steroid dienone is 1. The highest BCUT2D eigenvalue weighted by molar-refractivity contribution is 9.10. The van der Waals surface area contributed by atoms with Gasteiger partial charge in [0.15, 0.2) is 4.80 Å². The van der Waals surface area contributed by atoms with E-state index in [4.69, 9.17) is 20.6 Å². The summed E-state index contributed by atoms with van der Waals surface area (Å²) in [5.74, 6) is 2.35. The maximum Gasteiger partial charge on any atom is 0.338 e. The molecule has 0 radical (unpaired) electrons. The summed E-state index contributed by atoms with van der Waals surface area (Å²) in [6.45, 7) is 5.78. The molecule has 0 fully saturated rings. The molecule has 206 valence electrons. The van der Waals surface area contributed by atoms with Gasteiger partial charge < -0.3 is 14.2 Å². The zero-order valence-corrected chi connectivity index (χ0v) is 24.2. The van der Waals surface area contributed by atoms with E-state index in [-0.39, 0.29) is 34.8 Å². The number of hydrogen-bond donors (Lipinski definition) is 0. The number of hydrogen-bond acceptors (Lipinski definition) is 9. The number of ether oxygens (including phenoxy) is 3. The van der Waals surface area contributed by atoms with Gasteiger partial charge in [-0.05, 0) is 72.1 Å². The van der Waals surface area contributed by atoms with E-state index in [1.54, 1.807) is 44.2 Å². The predicted molar refractivity (Wildman–Crippen MR) is 153 cm³/mol. The van der Waals surface area contributed by atoms with Crippen LogP contribution in [0, 0.1) is 22.5 Å². The SMILES string of the molecule is C#CCOc1c(Br)cc(/C=c2\sc3n(c2=O)[C@@H](c2ccc(OCC)cc2)C(C(=O)OCC)=C(C)N=3)cc1[N+](=O)[O-].